The summed E-state index contributed by atoms with van der Waals surface area (Å²) in [7, 11) is 0. The summed E-state index contributed by atoms with van der Waals surface area (Å²) >= 11 is 0. The van der Waals surface area contributed by atoms with Crippen LogP contribution in [-0.2, 0) is 19.5 Å². The van der Waals surface area contributed by atoms with Crippen molar-refractivity contribution in [2.24, 2.45) is 5.73 Å². The van der Waals surface area contributed by atoms with Crippen molar-refractivity contribution in [3.8, 4) is 0 Å². The topological polar surface area (TPSA) is 112 Å². The molecule has 0 spiro atoms. The van der Waals surface area contributed by atoms with Crippen molar-refractivity contribution in [2.45, 2.75) is 39.4 Å². The molecule has 0 aliphatic heterocycles. The second-order valence-corrected chi connectivity index (χ2v) is 4.51. The summed E-state index contributed by atoms with van der Waals surface area (Å²) < 4.78 is 6.81. The maximum atomic E-state index is 10.8. The van der Waals surface area contributed by atoms with E-state index < -0.39 is 5.91 Å². The molecule has 0 fully saturated rings. The fourth-order valence-corrected chi connectivity index (χ4v) is 1.87. The number of nitrogens with one attached hydrogen (secondary N) is 1. The van der Waals surface area contributed by atoms with Crippen LogP contribution in [0.3, 0.4) is 0 Å². The Morgan fingerprint density at radius 1 is 1.60 bits per heavy atom. The molecule has 1 atom stereocenters. The van der Waals surface area contributed by atoms with E-state index in [1.54, 1.807) is 6.20 Å². The molecule has 0 saturated carbocycles. The molecule has 108 valence electrons. The lowest BCUT2D eigenvalue weighted by Crippen LogP contribution is -2.30. The van der Waals surface area contributed by atoms with Crippen LogP contribution in [0.5, 0.6) is 0 Å². The molecule has 0 aromatic carbocycles. The van der Waals surface area contributed by atoms with Crippen LogP contribution in [-0.4, -0.2) is 31.6 Å². The van der Waals surface area contributed by atoms with Crippen molar-refractivity contribution in [2.75, 3.05) is 0 Å². The van der Waals surface area contributed by atoms with E-state index in [1.807, 2.05) is 6.20 Å². The third-order valence-corrected chi connectivity index (χ3v) is 2.88. The average Bonchev–Trinajstić information content (AvgIpc) is 3.04. The minimum atomic E-state index is -0.720. The van der Waals surface area contributed by atoms with Gasteiger partial charge in [0, 0.05) is 31.4 Å². The molecule has 20 heavy (non-hydrogen) atoms. The number of hydrogen-bond acceptors (Lipinski definition) is 6. The Labute approximate surface area is 116 Å². The van der Waals surface area contributed by atoms with Crippen molar-refractivity contribution in [1.82, 2.24) is 25.0 Å². The van der Waals surface area contributed by atoms with Crippen LogP contribution in [0.2, 0.25) is 0 Å². The first-order chi connectivity index (χ1) is 9.60. The monoisotopic (exact) mass is 278 g/mol. The van der Waals surface area contributed by atoms with Crippen molar-refractivity contribution in [3.05, 3.63) is 29.9 Å². The summed E-state index contributed by atoms with van der Waals surface area (Å²) in [6.45, 7) is 5.33. The van der Waals surface area contributed by atoms with Gasteiger partial charge in [-0.05, 0) is 6.92 Å². The Morgan fingerprint density at radius 3 is 3.05 bits per heavy atom. The highest BCUT2D eigenvalue weighted by Crippen LogP contribution is 2.02. The predicted octanol–water partition coefficient (Wildman–Crippen LogP) is 0.106. The molecule has 8 heteroatoms. The molecule has 2 aromatic heterocycles. The molecule has 1 unspecified atom stereocenters. The van der Waals surface area contributed by atoms with Gasteiger partial charge in [-0.25, -0.2) is 4.98 Å². The number of primary amides is 1. The van der Waals surface area contributed by atoms with E-state index >= 15 is 0 Å². The number of rotatable bonds is 7. The average molecular weight is 278 g/mol. The van der Waals surface area contributed by atoms with E-state index in [1.165, 1.54) is 0 Å². The lowest BCUT2D eigenvalue weighted by atomic mass is 10.3. The second kappa shape index (κ2) is 6.29. The van der Waals surface area contributed by atoms with E-state index in [9.17, 15) is 4.79 Å². The molecular formula is C12H18N6O2. The molecule has 0 aliphatic carbocycles. The van der Waals surface area contributed by atoms with Gasteiger partial charge in [0.25, 0.3) is 0 Å². The number of imidazole rings is 1. The first kappa shape index (κ1) is 14.2. The summed E-state index contributed by atoms with van der Waals surface area (Å²) in [5.41, 5.74) is 5.04. The number of nitrogens with two attached hydrogens (primary N) is 1. The molecule has 8 nitrogen and oxygen atoms in total. The van der Waals surface area contributed by atoms with Crippen molar-refractivity contribution < 1.29 is 9.32 Å². The van der Waals surface area contributed by atoms with Gasteiger partial charge in [0.05, 0.1) is 6.54 Å². The first-order valence-electron chi connectivity index (χ1n) is 6.46. The molecule has 2 heterocycles. The van der Waals surface area contributed by atoms with Crippen LogP contribution in [0.25, 0.3) is 0 Å². The number of hydrogen-bond donors (Lipinski definition) is 2. The van der Waals surface area contributed by atoms with Gasteiger partial charge in [0.2, 0.25) is 0 Å². The highest BCUT2D eigenvalue weighted by Gasteiger charge is 2.12. The first-order valence-corrected chi connectivity index (χ1v) is 6.46. The van der Waals surface area contributed by atoms with Crippen LogP contribution in [0.1, 0.15) is 36.2 Å². The predicted molar refractivity (Wildman–Crippen MR) is 70.7 cm³/mol. The van der Waals surface area contributed by atoms with Gasteiger partial charge < -0.3 is 20.1 Å². The van der Waals surface area contributed by atoms with E-state index in [-0.39, 0.29) is 11.9 Å². The third-order valence-electron chi connectivity index (χ3n) is 2.88. The summed E-state index contributed by atoms with van der Waals surface area (Å²) in [6, 6.07) is 0.199. The number of aryl methyl sites for hydroxylation is 1. The molecule has 0 aliphatic rings. The maximum absolute atomic E-state index is 10.8. The molecule has 0 saturated heterocycles. The van der Waals surface area contributed by atoms with E-state index in [0.29, 0.717) is 12.4 Å². The standard InChI is InChI=1S/C12H18N6O2/c1-3-10-14-4-5-18(10)7-8(2)15-6-9-16-12(11(13)19)20-17-9/h4-5,8,15H,3,6-7H2,1-2H3,(H2,13,19). The Hall–Kier alpha value is -2.22. The van der Waals surface area contributed by atoms with Gasteiger partial charge in [0.1, 0.15) is 5.82 Å². The highest BCUT2D eigenvalue weighted by molar-refractivity contribution is 5.87. The molecular weight excluding hydrogens is 260 g/mol. The fraction of sp³-hybridized carbons (Fsp3) is 0.500. The van der Waals surface area contributed by atoms with Crippen LogP contribution in [0, 0.1) is 0 Å². The summed E-state index contributed by atoms with van der Waals surface area (Å²) in [5, 5.41) is 6.93. The van der Waals surface area contributed by atoms with Gasteiger partial charge in [0.15, 0.2) is 5.82 Å². The normalized spacial score (nSPS) is 12.5. The maximum Gasteiger partial charge on any atom is 0.315 e. The Bertz CT molecular complexity index is 576. The SMILES string of the molecule is CCc1nccn1CC(C)NCc1noc(C(N)=O)n1. The molecule has 2 aromatic rings. The zero-order valence-corrected chi connectivity index (χ0v) is 11.5. The second-order valence-electron chi connectivity index (χ2n) is 4.51. The minimum absolute atomic E-state index is 0.169. The zero-order valence-electron chi connectivity index (χ0n) is 11.5. The van der Waals surface area contributed by atoms with Crippen molar-refractivity contribution in [1.29, 1.82) is 0 Å². The quantitative estimate of drug-likeness (QED) is 0.743. The van der Waals surface area contributed by atoms with Crippen LogP contribution < -0.4 is 11.1 Å². The summed E-state index contributed by atoms with van der Waals surface area (Å²) in [5.74, 6) is 0.571. The third kappa shape index (κ3) is 3.41. The van der Waals surface area contributed by atoms with Gasteiger partial charge >= 0.3 is 11.8 Å². The van der Waals surface area contributed by atoms with E-state index in [2.05, 4.69) is 38.9 Å². The zero-order chi connectivity index (χ0) is 14.5. The Balaban J connectivity index is 1.85. The van der Waals surface area contributed by atoms with Crippen LogP contribution >= 0.6 is 0 Å². The minimum Gasteiger partial charge on any atom is -0.361 e. The molecule has 0 bridgehead atoms. The van der Waals surface area contributed by atoms with Gasteiger partial charge in [-0.1, -0.05) is 12.1 Å². The lowest BCUT2D eigenvalue weighted by molar-refractivity contribution is 0.0958. The van der Waals surface area contributed by atoms with E-state index in [0.717, 1.165) is 18.8 Å². The smallest absolute Gasteiger partial charge is 0.315 e. The van der Waals surface area contributed by atoms with E-state index in [4.69, 9.17) is 10.3 Å². The van der Waals surface area contributed by atoms with Crippen LogP contribution in [0.4, 0.5) is 0 Å². The molecule has 2 rings (SSSR count). The summed E-state index contributed by atoms with van der Waals surface area (Å²) in [4.78, 5) is 19.0. The van der Waals surface area contributed by atoms with Crippen molar-refractivity contribution in [3.63, 3.8) is 0 Å². The number of aromatic nitrogens is 4. The van der Waals surface area contributed by atoms with Crippen LogP contribution in [0.15, 0.2) is 16.9 Å². The van der Waals surface area contributed by atoms with Crippen molar-refractivity contribution >= 4 is 5.91 Å². The Morgan fingerprint density at radius 2 is 2.40 bits per heavy atom. The number of amides is 1. The number of carbonyl (C=O) groups is 1. The molecule has 0 radical (unpaired) electrons. The largest absolute Gasteiger partial charge is 0.361 e. The molecule has 1 amide bonds. The number of carbonyl (C=O) groups excluding carboxylic acids is 1. The van der Waals surface area contributed by atoms with Gasteiger partial charge in [-0.2, -0.15) is 4.98 Å². The Kier molecular flexibility index (Phi) is 4.46. The molecule has 3 N–H and O–H groups in total. The highest BCUT2D eigenvalue weighted by atomic mass is 16.5. The number of nitrogens with zero attached hydrogens (tertiary/aromatic N) is 4. The van der Waals surface area contributed by atoms with Gasteiger partial charge in [-0.3, -0.25) is 4.79 Å². The van der Waals surface area contributed by atoms with Gasteiger partial charge in [-0.15, -0.1) is 0 Å². The lowest BCUT2D eigenvalue weighted by Gasteiger charge is -2.14. The fourth-order valence-electron chi connectivity index (χ4n) is 1.87. The summed E-state index contributed by atoms with van der Waals surface area (Å²) in [6.07, 6.45) is 4.65.